The van der Waals surface area contributed by atoms with Crippen molar-refractivity contribution in [2.24, 2.45) is 17.8 Å². The van der Waals surface area contributed by atoms with Crippen LogP contribution in [0.15, 0.2) is 16.5 Å². The highest BCUT2D eigenvalue weighted by molar-refractivity contribution is 5.84. The maximum Gasteiger partial charge on any atom is 0.371 e. The number of aromatic carboxylic acids is 1. The molecule has 0 unspecified atom stereocenters. The summed E-state index contributed by atoms with van der Waals surface area (Å²) in [5, 5.41) is 8.99. The topological polar surface area (TPSA) is 50.4 Å². The molecular weight excluding hydrogens is 228 g/mol. The molecule has 4 fully saturated rings. The molecule has 0 amide bonds. The Morgan fingerprint density at radius 3 is 2.11 bits per heavy atom. The Kier molecular flexibility index (Phi) is 2.01. The number of carboxylic acid groups (broad SMARTS) is 1. The van der Waals surface area contributed by atoms with Gasteiger partial charge in [-0.15, -0.1) is 0 Å². The Balaban J connectivity index is 1.72. The molecule has 4 aliphatic rings. The zero-order chi connectivity index (χ0) is 12.3. The van der Waals surface area contributed by atoms with Crippen molar-refractivity contribution in [1.29, 1.82) is 0 Å². The van der Waals surface area contributed by atoms with Crippen LogP contribution in [-0.2, 0) is 5.41 Å². The molecule has 1 N–H and O–H groups in total. The van der Waals surface area contributed by atoms with Crippen LogP contribution in [0.3, 0.4) is 0 Å². The lowest BCUT2D eigenvalue weighted by molar-refractivity contribution is -0.0156. The molecule has 0 aromatic carbocycles. The van der Waals surface area contributed by atoms with Gasteiger partial charge in [-0.3, -0.25) is 0 Å². The van der Waals surface area contributed by atoms with Crippen molar-refractivity contribution in [2.45, 2.75) is 43.9 Å². The molecule has 4 bridgehead atoms. The predicted molar refractivity (Wildman–Crippen MR) is 65.5 cm³/mol. The molecule has 1 heterocycles. The zero-order valence-electron chi connectivity index (χ0n) is 10.4. The Labute approximate surface area is 106 Å². The summed E-state index contributed by atoms with van der Waals surface area (Å²) in [6, 6.07) is 3.53. The van der Waals surface area contributed by atoms with Gasteiger partial charge >= 0.3 is 5.97 Å². The van der Waals surface area contributed by atoms with Crippen LogP contribution in [-0.4, -0.2) is 11.1 Å². The summed E-state index contributed by atoms with van der Waals surface area (Å²) >= 11 is 0. The van der Waals surface area contributed by atoms with Crippen LogP contribution in [0.2, 0.25) is 0 Å². The van der Waals surface area contributed by atoms with Crippen LogP contribution in [0.4, 0.5) is 0 Å². The molecule has 18 heavy (non-hydrogen) atoms. The van der Waals surface area contributed by atoms with E-state index in [1.807, 2.05) is 6.07 Å². The molecule has 0 aliphatic heterocycles. The summed E-state index contributed by atoms with van der Waals surface area (Å²) in [5.74, 6) is 2.66. The van der Waals surface area contributed by atoms with Crippen molar-refractivity contribution in [3.05, 3.63) is 23.7 Å². The van der Waals surface area contributed by atoms with Crippen LogP contribution in [0, 0.1) is 17.8 Å². The van der Waals surface area contributed by atoms with Crippen molar-refractivity contribution in [3.8, 4) is 0 Å². The van der Waals surface area contributed by atoms with Crippen LogP contribution < -0.4 is 0 Å². The number of carboxylic acids is 1. The second-order valence-corrected chi connectivity index (χ2v) is 6.67. The number of hydrogen-bond acceptors (Lipinski definition) is 2. The second kappa shape index (κ2) is 3.40. The van der Waals surface area contributed by atoms with E-state index in [0.29, 0.717) is 0 Å². The zero-order valence-corrected chi connectivity index (χ0v) is 10.4. The molecule has 96 valence electrons. The maximum absolute atomic E-state index is 10.9. The van der Waals surface area contributed by atoms with Gasteiger partial charge in [-0.1, -0.05) is 0 Å². The highest BCUT2D eigenvalue weighted by Gasteiger charge is 2.53. The van der Waals surface area contributed by atoms with Gasteiger partial charge in [0.15, 0.2) is 0 Å². The molecule has 3 nitrogen and oxygen atoms in total. The largest absolute Gasteiger partial charge is 0.475 e. The van der Waals surface area contributed by atoms with E-state index < -0.39 is 5.97 Å². The normalized spacial score (nSPS) is 41.2. The third kappa shape index (κ3) is 1.39. The van der Waals surface area contributed by atoms with Crippen LogP contribution in [0.5, 0.6) is 0 Å². The highest BCUT2D eigenvalue weighted by atomic mass is 16.4. The van der Waals surface area contributed by atoms with E-state index in [-0.39, 0.29) is 11.2 Å². The molecule has 0 atom stereocenters. The van der Waals surface area contributed by atoms with Gasteiger partial charge in [-0.25, -0.2) is 4.79 Å². The van der Waals surface area contributed by atoms with Gasteiger partial charge in [0.2, 0.25) is 5.76 Å². The van der Waals surface area contributed by atoms with Crippen molar-refractivity contribution in [3.63, 3.8) is 0 Å². The first-order valence-electron chi connectivity index (χ1n) is 6.98. The Hall–Kier alpha value is -1.25. The number of hydrogen-bond donors (Lipinski definition) is 1. The Bertz CT molecular complexity index is 464. The summed E-state index contributed by atoms with van der Waals surface area (Å²) in [6.07, 6.45) is 7.83. The monoisotopic (exact) mass is 246 g/mol. The molecule has 0 saturated heterocycles. The second-order valence-electron chi connectivity index (χ2n) is 6.67. The van der Waals surface area contributed by atoms with E-state index in [2.05, 4.69) is 0 Å². The van der Waals surface area contributed by atoms with Gasteiger partial charge < -0.3 is 9.52 Å². The van der Waals surface area contributed by atoms with Crippen LogP contribution in [0.25, 0.3) is 0 Å². The highest BCUT2D eigenvalue weighted by Crippen LogP contribution is 2.60. The fourth-order valence-corrected chi connectivity index (χ4v) is 5.15. The molecule has 4 aliphatic carbocycles. The molecule has 0 spiro atoms. The third-order valence-electron chi connectivity index (χ3n) is 5.38. The summed E-state index contributed by atoms with van der Waals surface area (Å²) in [7, 11) is 0. The minimum absolute atomic E-state index is 0.0979. The Morgan fingerprint density at radius 2 is 1.67 bits per heavy atom. The standard InChI is InChI=1S/C15H18O3/c16-14(17)12-1-2-13(18-12)15-6-9-3-10(7-15)5-11(4-9)8-15/h1-2,9-11H,3-8H2,(H,16,17). The van der Waals surface area contributed by atoms with Crippen molar-refractivity contribution >= 4 is 5.97 Å². The quantitative estimate of drug-likeness (QED) is 0.869. The summed E-state index contributed by atoms with van der Waals surface area (Å²) in [5.41, 5.74) is 0.169. The van der Waals surface area contributed by atoms with Gasteiger partial charge in [0.05, 0.1) is 0 Å². The van der Waals surface area contributed by atoms with E-state index >= 15 is 0 Å². The molecule has 3 heteroatoms. The van der Waals surface area contributed by atoms with Crippen LogP contribution in [0.1, 0.15) is 54.8 Å². The van der Waals surface area contributed by atoms with Gasteiger partial charge in [0.1, 0.15) is 5.76 Å². The first-order chi connectivity index (χ1) is 8.64. The van der Waals surface area contributed by atoms with Crippen molar-refractivity contribution in [2.75, 3.05) is 0 Å². The number of furan rings is 1. The molecular formula is C15H18O3. The van der Waals surface area contributed by atoms with Gasteiger partial charge in [0.25, 0.3) is 0 Å². The molecule has 1 aromatic rings. The van der Waals surface area contributed by atoms with Gasteiger partial charge in [-0.05, 0) is 68.4 Å². The summed E-state index contributed by atoms with van der Waals surface area (Å²) < 4.78 is 5.63. The number of rotatable bonds is 2. The first-order valence-corrected chi connectivity index (χ1v) is 6.98. The summed E-state index contributed by atoms with van der Waals surface area (Å²) in [6.45, 7) is 0. The smallest absolute Gasteiger partial charge is 0.371 e. The van der Waals surface area contributed by atoms with E-state index in [9.17, 15) is 4.79 Å². The minimum atomic E-state index is -0.953. The third-order valence-corrected chi connectivity index (χ3v) is 5.38. The first kappa shape index (κ1) is 10.7. The SMILES string of the molecule is O=C(O)c1ccc(C23CC4CC(CC(C4)C2)C3)o1. The lowest BCUT2D eigenvalue weighted by Crippen LogP contribution is -2.48. The van der Waals surface area contributed by atoms with E-state index in [0.717, 1.165) is 23.5 Å². The van der Waals surface area contributed by atoms with Gasteiger partial charge in [-0.2, -0.15) is 0 Å². The van der Waals surface area contributed by atoms with E-state index in [4.69, 9.17) is 9.52 Å². The predicted octanol–water partition coefficient (Wildman–Crippen LogP) is 3.45. The van der Waals surface area contributed by atoms with E-state index in [1.54, 1.807) is 6.07 Å². The maximum atomic E-state index is 10.9. The Morgan fingerprint density at radius 1 is 1.11 bits per heavy atom. The fraction of sp³-hybridized carbons (Fsp3) is 0.667. The average Bonchev–Trinajstić information content (AvgIpc) is 2.76. The minimum Gasteiger partial charge on any atom is -0.475 e. The fourth-order valence-electron chi connectivity index (χ4n) is 5.15. The molecule has 4 saturated carbocycles. The lowest BCUT2D eigenvalue weighted by Gasteiger charge is -2.55. The summed E-state index contributed by atoms with van der Waals surface area (Å²) in [4.78, 5) is 10.9. The van der Waals surface area contributed by atoms with Crippen molar-refractivity contribution in [1.82, 2.24) is 0 Å². The lowest BCUT2D eigenvalue weighted by atomic mass is 9.49. The van der Waals surface area contributed by atoms with Crippen molar-refractivity contribution < 1.29 is 14.3 Å². The molecule has 5 rings (SSSR count). The van der Waals surface area contributed by atoms with Gasteiger partial charge in [0, 0.05) is 5.41 Å². The average molecular weight is 246 g/mol. The van der Waals surface area contributed by atoms with Crippen LogP contribution >= 0.6 is 0 Å². The molecule has 0 radical (unpaired) electrons. The number of carbonyl (C=O) groups is 1. The molecule has 1 aromatic heterocycles. The van der Waals surface area contributed by atoms with E-state index in [1.165, 1.54) is 38.5 Å².